The van der Waals surface area contributed by atoms with Gasteiger partial charge in [-0.05, 0) is 64.0 Å². The Balaban J connectivity index is 1.47. The summed E-state index contributed by atoms with van der Waals surface area (Å²) in [5, 5.41) is 3.45. The second kappa shape index (κ2) is 9.86. The molecule has 0 saturated heterocycles. The predicted molar refractivity (Wildman–Crippen MR) is 126 cm³/mol. The SMILES string of the molecule is O=C(Nc1ccccc1Br)c1ccc(Cc2cc(Cl)ccc2OCc2ccccc2)o1. The molecule has 0 aliphatic carbocycles. The van der Waals surface area contributed by atoms with Crippen LogP contribution in [0.25, 0.3) is 0 Å². The molecule has 4 aromatic rings. The van der Waals surface area contributed by atoms with Crippen molar-refractivity contribution in [2.24, 2.45) is 0 Å². The largest absolute Gasteiger partial charge is 0.489 e. The zero-order chi connectivity index (χ0) is 21.6. The minimum absolute atomic E-state index is 0.236. The third-order valence-electron chi connectivity index (χ3n) is 4.63. The van der Waals surface area contributed by atoms with Crippen LogP contribution in [-0.2, 0) is 13.0 Å². The quantitative estimate of drug-likeness (QED) is 0.296. The number of furan rings is 1. The molecule has 1 aromatic heterocycles. The van der Waals surface area contributed by atoms with Crippen LogP contribution in [-0.4, -0.2) is 5.91 Å². The van der Waals surface area contributed by atoms with E-state index >= 15 is 0 Å². The number of amides is 1. The Morgan fingerprint density at radius 1 is 0.968 bits per heavy atom. The highest BCUT2D eigenvalue weighted by molar-refractivity contribution is 9.10. The zero-order valence-corrected chi connectivity index (χ0v) is 18.8. The highest BCUT2D eigenvalue weighted by Gasteiger charge is 2.15. The molecular formula is C25H19BrClNO3. The van der Waals surface area contributed by atoms with Gasteiger partial charge in [-0.2, -0.15) is 0 Å². The third kappa shape index (κ3) is 5.57. The van der Waals surface area contributed by atoms with E-state index in [2.05, 4.69) is 21.2 Å². The van der Waals surface area contributed by atoms with E-state index in [0.717, 1.165) is 21.3 Å². The standard InChI is InChI=1S/C25H19BrClNO3/c26-21-8-4-5-9-22(21)28-25(29)24-13-11-20(31-24)15-18-14-19(27)10-12-23(18)30-16-17-6-2-1-3-7-17/h1-14H,15-16H2,(H,28,29). The third-order valence-corrected chi connectivity index (χ3v) is 5.56. The van der Waals surface area contributed by atoms with E-state index in [4.69, 9.17) is 20.8 Å². The molecule has 4 rings (SSSR count). The van der Waals surface area contributed by atoms with E-state index in [1.807, 2.05) is 66.7 Å². The Morgan fingerprint density at radius 2 is 1.74 bits per heavy atom. The Labute approximate surface area is 193 Å². The number of hydrogen-bond acceptors (Lipinski definition) is 3. The lowest BCUT2D eigenvalue weighted by molar-refractivity contribution is 0.0995. The van der Waals surface area contributed by atoms with Crippen LogP contribution in [0.1, 0.15) is 27.4 Å². The lowest BCUT2D eigenvalue weighted by Gasteiger charge is -2.11. The van der Waals surface area contributed by atoms with Gasteiger partial charge in [-0.1, -0.05) is 54.1 Å². The first-order valence-electron chi connectivity index (χ1n) is 9.68. The molecule has 6 heteroatoms. The van der Waals surface area contributed by atoms with Gasteiger partial charge in [-0.25, -0.2) is 0 Å². The van der Waals surface area contributed by atoms with E-state index in [9.17, 15) is 4.79 Å². The predicted octanol–water partition coefficient (Wildman–Crippen LogP) is 7.12. The fourth-order valence-electron chi connectivity index (χ4n) is 3.09. The van der Waals surface area contributed by atoms with E-state index < -0.39 is 0 Å². The summed E-state index contributed by atoms with van der Waals surface area (Å²) in [5.41, 5.74) is 2.64. The Morgan fingerprint density at radius 3 is 2.55 bits per heavy atom. The van der Waals surface area contributed by atoms with Crippen LogP contribution in [0.3, 0.4) is 0 Å². The molecule has 0 fully saturated rings. The lowest BCUT2D eigenvalue weighted by Crippen LogP contribution is -2.11. The molecule has 0 spiro atoms. The monoisotopic (exact) mass is 495 g/mol. The van der Waals surface area contributed by atoms with Gasteiger partial charge in [0.15, 0.2) is 5.76 Å². The van der Waals surface area contributed by atoms with Gasteiger partial charge in [-0.15, -0.1) is 0 Å². The van der Waals surface area contributed by atoms with Crippen molar-refractivity contribution in [2.45, 2.75) is 13.0 Å². The molecule has 4 nitrogen and oxygen atoms in total. The van der Waals surface area contributed by atoms with Crippen molar-refractivity contribution in [1.82, 2.24) is 0 Å². The molecular weight excluding hydrogens is 478 g/mol. The highest BCUT2D eigenvalue weighted by Crippen LogP contribution is 2.27. The lowest BCUT2D eigenvalue weighted by atomic mass is 10.1. The van der Waals surface area contributed by atoms with E-state index in [-0.39, 0.29) is 11.7 Å². The maximum atomic E-state index is 12.5. The summed E-state index contributed by atoms with van der Waals surface area (Å²) in [7, 11) is 0. The average molecular weight is 497 g/mol. The van der Waals surface area contributed by atoms with E-state index in [0.29, 0.717) is 29.5 Å². The molecule has 3 aromatic carbocycles. The first kappa shape index (κ1) is 21.2. The number of rotatable bonds is 7. The van der Waals surface area contributed by atoms with Crippen LogP contribution < -0.4 is 10.1 Å². The second-order valence-corrected chi connectivity index (χ2v) is 8.19. The van der Waals surface area contributed by atoms with Crippen molar-refractivity contribution in [3.05, 3.63) is 117 Å². The average Bonchev–Trinajstić information content (AvgIpc) is 3.24. The van der Waals surface area contributed by atoms with Crippen LogP contribution in [0.4, 0.5) is 5.69 Å². The van der Waals surface area contributed by atoms with Crippen molar-refractivity contribution in [1.29, 1.82) is 0 Å². The van der Waals surface area contributed by atoms with Crippen LogP contribution >= 0.6 is 27.5 Å². The number of halogens is 2. The summed E-state index contributed by atoms with van der Waals surface area (Å²) >= 11 is 9.63. The fourth-order valence-corrected chi connectivity index (χ4v) is 3.67. The molecule has 0 unspecified atom stereocenters. The number of hydrogen-bond donors (Lipinski definition) is 1. The molecule has 0 atom stereocenters. The maximum Gasteiger partial charge on any atom is 0.291 e. The van der Waals surface area contributed by atoms with Gasteiger partial charge in [-0.3, -0.25) is 4.79 Å². The zero-order valence-electron chi connectivity index (χ0n) is 16.5. The van der Waals surface area contributed by atoms with Crippen molar-refractivity contribution in [3.63, 3.8) is 0 Å². The molecule has 0 saturated carbocycles. The Bertz CT molecular complexity index is 1190. The summed E-state index contributed by atoms with van der Waals surface area (Å²) < 4.78 is 12.6. The maximum absolute atomic E-state index is 12.5. The van der Waals surface area contributed by atoms with Gasteiger partial charge < -0.3 is 14.5 Å². The summed E-state index contributed by atoms with van der Waals surface area (Å²) in [6.45, 7) is 0.452. The molecule has 156 valence electrons. The summed E-state index contributed by atoms with van der Waals surface area (Å²) in [4.78, 5) is 12.5. The number of anilines is 1. The Kier molecular flexibility index (Phi) is 6.75. The molecule has 31 heavy (non-hydrogen) atoms. The number of carbonyl (C=O) groups excluding carboxylic acids is 1. The van der Waals surface area contributed by atoms with Crippen LogP contribution in [0.2, 0.25) is 5.02 Å². The van der Waals surface area contributed by atoms with Crippen molar-refractivity contribution in [3.8, 4) is 5.75 Å². The molecule has 1 N–H and O–H groups in total. The van der Waals surface area contributed by atoms with Crippen molar-refractivity contribution in [2.75, 3.05) is 5.32 Å². The van der Waals surface area contributed by atoms with E-state index in [1.165, 1.54) is 0 Å². The van der Waals surface area contributed by atoms with Gasteiger partial charge in [0.2, 0.25) is 0 Å². The molecule has 0 aliphatic heterocycles. The first-order chi connectivity index (χ1) is 15.1. The molecule has 1 amide bonds. The number of carbonyl (C=O) groups is 1. The number of nitrogens with one attached hydrogen (secondary N) is 1. The number of benzene rings is 3. The molecule has 0 aliphatic rings. The minimum Gasteiger partial charge on any atom is -0.489 e. The number of para-hydroxylation sites is 1. The van der Waals surface area contributed by atoms with Gasteiger partial charge in [0, 0.05) is 21.5 Å². The second-order valence-electron chi connectivity index (χ2n) is 6.90. The van der Waals surface area contributed by atoms with Gasteiger partial charge >= 0.3 is 0 Å². The summed E-state index contributed by atoms with van der Waals surface area (Å²) in [5.74, 6) is 1.29. The van der Waals surface area contributed by atoms with E-state index in [1.54, 1.807) is 18.2 Å². The van der Waals surface area contributed by atoms with Crippen LogP contribution in [0.5, 0.6) is 5.75 Å². The molecule has 1 heterocycles. The van der Waals surface area contributed by atoms with Crippen LogP contribution in [0.15, 0.2) is 93.8 Å². The number of ether oxygens (including phenoxy) is 1. The van der Waals surface area contributed by atoms with Gasteiger partial charge in [0.1, 0.15) is 18.1 Å². The van der Waals surface area contributed by atoms with Crippen molar-refractivity contribution < 1.29 is 13.9 Å². The fraction of sp³-hybridized carbons (Fsp3) is 0.0800. The smallest absolute Gasteiger partial charge is 0.291 e. The van der Waals surface area contributed by atoms with Crippen LogP contribution in [0, 0.1) is 0 Å². The topological polar surface area (TPSA) is 51.5 Å². The molecule has 0 radical (unpaired) electrons. The minimum atomic E-state index is -0.315. The molecule has 0 bridgehead atoms. The van der Waals surface area contributed by atoms with Crippen molar-refractivity contribution >= 4 is 39.1 Å². The summed E-state index contributed by atoms with van der Waals surface area (Å²) in [6.07, 6.45) is 0.451. The Hall–Kier alpha value is -3.02. The highest BCUT2D eigenvalue weighted by atomic mass is 79.9. The first-order valence-corrected chi connectivity index (χ1v) is 10.9. The van der Waals surface area contributed by atoms with Gasteiger partial charge in [0.05, 0.1) is 5.69 Å². The normalized spacial score (nSPS) is 10.6. The summed E-state index contributed by atoms with van der Waals surface area (Å²) in [6, 6.07) is 26.3. The van der Waals surface area contributed by atoms with Gasteiger partial charge in [0.25, 0.3) is 5.91 Å².